The van der Waals surface area contributed by atoms with Crippen molar-refractivity contribution in [3.05, 3.63) is 60.3 Å². The maximum absolute atomic E-state index is 12.7. The number of hydrogen-bond donors (Lipinski definition) is 3. The Morgan fingerprint density at radius 3 is 2.79 bits per heavy atom. The standard InChI is InChI=1S/C30H42O8/c1-19-12-13-35-23(15-19)10-11-25(31)26-18-28-30(34,38-28)27(32)17-21(3)14-20(2)16-24-8-4-6-22(36-24)7-5-9-29(33)37-26/h4-6,9-12,20,22-28,31-32,34H,3,7-8,13-18H2,1-2H3/b9-5-,11-10+/t20?,22?,23?,24?,25-,26-,27-,28-,30+/m0/s1. The zero-order chi connectivity index (χ0) is 27.3. The van der Waals surface area contributed by atoms with E-state index in [0.717, 1.165) is 24.8 Å². The van der Waals surface area contributed by atoms with Gasteiger partial charge < -0.3 is 34.3 Å². The summed E-state index contributed by atoms with van der Waals surface area (Å²) < 4.78 is 23.0. The Morgan fingerprint density at radius 2 is 2.00 bits per heavy atom. The number of epoxide rings is 1. The van der Waals surface area contributed by atoms with Crippen molar-refractivity contribution in [1.29, 1.82) is 0 Å². The number of hydrogen-bond acceptors (Lipinski definition) is 8. The third-order valence-electron chi connectivity index (χ3n) is 7.62. The largest absolute Gasteiger partial charge is 0.456 e. The second kappa shape index (κ2) is 12.9. The second-order valence-corrected chi connectivity index (χ2v) is 11.2. The summed E-state index contributed by atoms with van der Waals surface area (Å²) in [6, 6.07) is 0. The fraction of sp³-hybridized carbons (Fsp3) is 0.633. The number of aliphatic hydroxyl groups excluding tert-OH is 2. The number of carbonyl (C=O) groups excluding carboxylic acids is 1. The molecule has 0 aromatic heterocycles. The first-order chi connectivity index (χ1) is 18.1. The van der Waals surface area contributed by atoms with Crippen LogP contribution in [0.3, 0.4) is 0 Å². The first kappa shape index (κ1) is 28.9. The van der Waals surface area contributed by atoms with Crippen LogP contribution in [-0.4, -0.2) is 76.4 Å². The molecule has 8 heteroatoms. The van der Waals surface area contributed by atoms with Gasteiger partial charge in [0.15, 0.2) is 0 Å². The van der Waals surface area contributed by atoms with Crippen LogP contribution in [0.25, 0.3) is 0 Å². The lowest BCUT2D eigenvalue weighted by Gasteiger charge is -2.28. The monoisotopic (exact) mass is 530 g/mol. The zero-order valence-corrected chi connectivity index (χ0v) is 22.4. The van der Waals surface area contributed by atoms with Crippen LogP contribution in [-0.2, 0) is 23.7 Å². The average Bonchev–Trinajstić information content (AvgIpc) is 3.52. The number of rotatable bonds is 3. The summed E-state index contributed by atoms with van der Waals surface area (Å²) in [4.78, 5) is 12.7. The summed E-state index contributed by atoms with van der Waals surface area (Å²) >= 11 is 0. The molecule has 1 fully saturated rings. The SMILES string of the molecule is C=C1CC(C)CC2CC=CC(C/C=C\C(=O)O[C@H]([C@@H](O)/C=C/C3CC(C)=CCO3)C[C@@H]3O[C@]3(O)[C@@H](O)C1)O2. The molecule has 0 amide bonds. The van der Waals surface area contributed by atoms with E-state index in [4.69, 9.17) is 18.9 Å². The van der Waals surface area contributed by atoms with Crippen molar-refractivity contribution in [1.82, 2.24) is 0 Å². The number of ether oxygens (including phenoxy) is 4. The Morgan fingerprint density at radius 1 is 1.18 bits per heavy atom. The predicted octanol–water partition coefficient (Wildman–Crippen LogP) is 3.43. The number of carbonyl (C=O) groups is 1. The van der Waals surface area contributed by atoms with Gasteiger partial charge in [-0.1, -0.05) is 61.1 Å². The van der Waals surface area contributed by atoms with E-state index in [2.05, 4.69) is 19.6 Å². The molecule has 38 heavy (non-hydrogen) atoms. The maximum Gasteiger partial charge on any atom is 0.330 e. The molecule has 4 unspecified atom stereocenters. The first-order valence-corrected chi connectivity index (χ1v) is 13.7. The average molecular weight is 531 g/mol. The van der Waals surface area contributed by atoms with Crippen molar-refractivity contribution in [3.8, 4) is 0 Å². The molecule has 3 N–H and O–H groups in total. The van der Waals surface area contributed by atoms with Gasteiger partial charge in [0, 0.05) is 12.5 Å². The molecule has 0 saturated carbocycles. The highest BCUT2D eigenvalue weighted by Crippen LogP contribution is 2.43. The van der Waals surface area contributed by atoms with Crippen LogP contribution >= 0.6 is 0 Å². The van der Waals surface area contributed by atoms with Crippen LogP contribution in [0.1, 0.15) is 58.8 Å². The Kier molecular flexibility index (Phi) is 9.79. The lowest BCUT2D eigenvalue weighted by Crippen LogP contribution is -2.37. The Balaban J connectivity index is 1.48. The summed E-state index contributed by atoms with van der Waals surface area (Å²) in [5, 5.41) is 32.6. The highest BCUT2D eigenvalue weighted by molar-refractivity contribution is 5.82. The molecule has 0 aromatic rings. The van der Waals surface area contributed by atoms with Gasteiger partial charge in [-0.3, -0.25) is 0 Å². The van der Waals surface area contributed by atoms with Crippen LogP contribution in [0.2, 0.25) is 0 Å². The molecule has 9 atom stereocenters. The molecular weight excluding hydrogens is 488 g/mol. The number of esters is 1. The van der Waals surface area contributed by atoms with E-state index in [1.54, 1.807) is 18.2 Å². The Bertz CT molecular complexity index is 967. The third-order valence-corrected chi connectivity index (χ3v) is 7.62. The minimum absolute atomic E-state index is 0.0160. The van der Waals surface area contributed by atoms with Gasteiger partial charge in [-0.15, -0.1) is 0 Å². The minimum atomic E-state index is -1.78. The lowest BCUT2D eigenvalue weighted by molar-refractivity contribution is -0.148. The van der Waals surface area contributed by atoms with Gasteiger partial charge in [-0.25, -0.2) is 4.79 Å². The molecule has 0 aromatic carbocycles. The van der Waals surface area contributed by atoms with Gasteiger partial charge in [0.1, 0.15) is 24.4 Å². The van der Waals surface area contributed by atoms with Crippen LogP contribution in [0.4, 0.5) is 0 Å². The van der Waals surface area contributed by atoms with E-state index in [9.17, 15) is 20.1 Å². The molecule has 0 aliphatic carbocycles. The molecule has 210 valence electrons. The van der Waals surface area contributed by atoms with Crippen LogP contribution in [0.5, 0.6) is 0 Å². The first-order valence-electron chi connectivity index (χ1n) is 13.7. The summed E-state index contributed by atoms with van der Waals surface area (Å²) in [7, 11) is 0. The molecule has 4 aliphatic rings. The molecule has 8 nitrogen and oxygen atoms in total. The molecular formula is C30H42O8. The number of fused-ring (bicyclic) bond motifs is 3. The number of aliphatic hydroxyl groups is 3. The van der Waals surface area contributed by atoms with E-state index < -0.39 is 36.2 Å². The Hall–Kier alpha value is -2.07. The molecule has 4 aliphatic heterocycles. The van der Waals surface area contributed by atoms with Crippen molar-refractivity contribution < 1.29 is 39.1 Å². The second-order valence-electron chi connectivity index (χ2n) is 11.2. The molecule has 2 bridgehead atoms. The summed E-state index contributed by atoms with van der Waals surface area (Å²) in [6.45, 7) is 8.77. The molecule has 0 spiro atoms. The van der Waals surface area contributed by atoms with Crippen molar-refractivity contribution >= 4 is 5.97 Å². The normalized spacial score (nSPS) is 40.9. The van der Waals surface area contributed by atoms with E-state index >= 15 is 0 Å². The van der Waals surface area contributed by atoms with Crippen molar-refractivity contribution in [2.75, 3.05) is 6.61 Å². The van der Waals surface area contributed by atoms with E-state index in [1.165, 1.54) is 11.6 Å². The smallest absolute Gasteiger partial charge is 0.330 e. The summed E-state index contributed by atoms with van der Waals surface area (Å²) in [6.07, 6.45) is 12.0. The Labute approximate surface area is 225 Å². The highest BCUT2D eigenvalue weighted by atomic mass is 16.7. The van der Waals surface area contributed by atoms with Crippen LogP contribution in [0.15, 0.2) is 60.3 Å². The maximum atomic E-state index is 12.7. The van der Waals surface area contributed by atoms with Gasteiger partial charge in [0.05, 0.1) is 24.9 Å². The van der Waals surface area contributed by atoms with Crippen molar-refractivity contribution in [3.63, 3.8) is 0 Å². The van der Waals surface area contributed by atoms with E-state index in [1.807, 2.05) is 19.1 Å². The van der Waals surface area contributed by atoms with Crippen LogP contribution in [0, 0.1) is 5.92 Å². The predicted molar refractivity (Wildman–Crippen MR) is 142 cm³/mol. The van der Waals surface area contributed by atoms with Crippen molar-refractivity contribution in [2.45, 2.75) is 107 Å². The van der Waals surface area contributed by atoms with E-state index in [-0.39, 0.29) is 31.2 Å². The van der Waals surface area contributed by atoms with Gasteiger partial charge in [0.2, 0.25) is 5.79 Å². The van der Waals surface area contributed by atoms with Gasteiger partial charge in [0.25, 0.3) is 0 Å². The minimum Gasteiger partial charge on any atom is -0.456 e. The zero-order valence-electron chi connectivity index (χ0n) is 22.4. The molecule has 0 radical (unpaired) electrons. The molecule has 1 saturated heterocycles. The fourth-order valence-electron chi connectivity index (χ4n) is 5.46. The highest BCUT2D eigenvalue weighted by Gasteiger charge is 2.61. The van der Waals surface area contributed by atoms with Crippen LogP contribution < -0.4 is 0 Å². The van der Waals surface area contributed by atoms with Gasteiger partial charge in [-0.05, 0) is 51.4 Å². The van der Waals surface area contributed by atoms with Crippen molar-refractivity contribution in [2.24, 2.45) is 5.92 Å². The van der Waals surface area contributed by atoms with E-state index in [0.29, 0.717) is 25.4 Å². The molecule has 4 heterocycles. The summed E-state index contributed by atoms with van der Waals surface area (Å²) in [5.74, 6) is -2.10. The molecule has 4 rings (SSSR count). The third kappa shape index (κ3) is 7.97. The fourth-order valence-corrected chi connectivity index (χ4v) is 5.46. The van der Waals surface area contributed by atoms with Gasteiger partial charge >= 0.3 is 5.97 Å². The number of cyclic esters (lactones) is 1. The lowest BCUT2D eigenvalue weighted by atomic mass is 9.90. The summed E-state index contributed by atoms with van der Waals surface area (Å²) in [5.41, 5.74) is 2.03. The van der Waals surface area contributed by atoms with Gasteiger partial charge in [-0.2, -0.15) is 0 Å². The quantitative estimate of drug-likeness (QED) is 0.289. The topological polar surface area (TPSA) is 118 Å².